The fourth-order valence-corrected chi connectivity index (χ4v) is 4.27. The van der Waals surface area contributed by atoms with Crippen LogP contribution < -0.4 is 15.5 Å². The highest BCUT2D eigenvalue weighted by Crippen LogP contribution is 2.33. The number of rotatable bonds is 2. The molecular weight excluding hydrogens is 356 g/mol. The highest BCUT2D eigenvalue weighted by molar-refractivity contribution is 5.97. The van der Waals surface area contributed by atoms with E-state index in [0.717, 1.165) is 68.1 Å². The topological polar surface area (TPSA) is 106 Å². The largest absolute Gasteiger partial charge is 0.398 e. The maximum Gasteiger partial charge on any atom is 0.230 e. The van der Waals surface area contributed by atoms with Gasteiger partial charge in [-0.25, -0.2) is 0 Å². The van der Waals surface area contributed by atoms with Crippen molar-refractivity contribution in [1.29, 1.82) is 0 Å². The first kappa shape index (κ1) is 16.9. The van der Waals surface area contributed by atoms with Crippen LogP contribution in [0.4, 0.5) is 17.2 Å². The van der Waals surface area contributed by atoms with Gasteiger partial charge in [0.15, 0.2) is 11.5 Å². The summed E-state index contributed by atoms with van der Waals surface area (Å²) in [7, 11) is 0. The number of nitrogens with two attached hydrogens (primary N) is 1. The van der Waals surface area contributed by atoms with Gasteiger partial charge in [-0.3, -0.25) is 4.79 Å². The second-order valence-electron chi connectivity index (χ2n) is 7.42. The van der Waals surface area contributed by atoms with E-state index in [-0.39, 0.29) is 11.8 Å². The molecule has 0 unspecified atom stereocenters. The van der Waals surface area contributed by atoms with Crippen molar-refractivity contribution in [2.75, 3.05) is 35.2 Å². The number of nitrogen functional groups attached to an aromatic ring is 1. The SMILES string of the molecule is Nc1cccc2c1CCCN2C(=O)C1CCN(c2ccc3nnnn3n2)CC1. The van der Waals surface area contributed by atoms with E-state index >= 15 is 0 Å². The standard InChI is InChI=1S/C19H22N8O/c20-15-4-1-5-16-14(15)3-2-10-26(16)19(28)13-8-11-25(12-9-13)18-7-6-17-21-23-24-27(17)22-18/h1,4-7,13H,2-3,8-12,20H2. The maximum atomic E-state index is 13.2. The summed E-state index contributed by atoms with van der Waals surface area (Å²) in [6.45, 7) is 2.34. The van der Waals surface area contributed by atoms with Crippen LogP contribution >= 0.6 is 0 Å². The second kappa shape index (κ2) is 6.74. The number of tetrazole rings is 1. The number of carbonyl (C=O) groups excluding carboxylic acids is 1. The van der Waals surface area contributed by atoms with Gasteiger partial charge in [0, 0.05) is 36.9 Å². The summed E-state index contributed by atoms with van der Waals surface area (Å²) in [4.78, 5) is 17.4. The van der Waals surface area contributed by atoms with Gasteiger partial charge in [0.05, 0.1) is 0 Å². The Morgan fingerprint density at radius 2 is 1.96 bits per heavy atom. The monoisotopic (exact) mass is 378 g/mol. The molecule has 0 atom stereocenters. The van der Waals surface area contributed by atoms with E-state index in [1.54, 1.807) is 0 Å². The van der Waals surface area contributed by atoms with Crippen molar-refractivity contribution in [3.8, 4) is 0 Å². The molecule has 2 N–H and O–H groups in total. The number of piperidine rings is 1. The third-order valence-electron chi connectivity index (χ3n) is 5.78. The fraction of sp³-hybridized carbons (Fsp3) is 0.421. The average Bonchev–Trinajstić information content (AvgIpc) is 3.21. The van der Waals surface area contributed by atoms with Gasteiger partial charge in [-0.15, -0.1) is 14.8 Å². The zero-order valence-corrected chi connectivity index (χ0v) is 15.5. The van der Waals surface area contributed by atoms with Gasteiger partial charge in [0.25, 0.3) is 0 Å². The van der Waals surface area contributed by atoms with Crippen LogP contribution in [-0.4, -0.2) is 50.8 Å². The van der Waals surface area contributed by atoms with Gasteiger partial charge in [-0.05, 0) is 65.9 Å². The van der Waals surface area contributed by atoms with Gasteiger partial charge >= 0.3 is 0 Å². The Morgan fingerprint density at radius 3 is 2.82 bits per heavy atom. The Hall–Kier alpha value is -3.23. The minimum atomic E-state index is 0.0281. The van der Waals surface area contributed by atoms with Crippen LogP contribution in [0, 0.1) is 5.92 Å². The van der Waals surface area contributed by atoms with Gasteiger partial charge < -0.3 is 15.5 Å². The van der Waals surface area contributed by atoms with Gasteiger partial charge in [0.2, 0.25) is 5.91 Å². The molecular formula is C19H22N8O. The number of benzene rings is 1. The number of hydrogen-bond acceptors (Lipinski definition) is 7. The third-order valence-corrected chi connectivity index (χ3v) is 5.78. The molecule has 2 aliphatic rings. The molecule has 9 nitrogen and oxygen atoms in total. The van der Waals surface area contributed by atoms with Crippen LogP contribution in [0.2, 0.25) is 0 Å². The molecule has 0 aliphatic carbocycles. The first-order valence-corrected chi connectivity index (χ1v) is 9.70. The number of anilines is 3. The molecule has 144 valence electrons. The van der Waals surface area contributed by atoms with E-state index < -0.39 is 0 Å². The lowest BCUT2D eigenvalue weighted by atomic mass is 9.92. The van der Waals surface area contributed by atoms with Crippen LogP contribution in [0.1, 0.15) is 24.8 Å². The van der Waals surface area contributed by atoms with Gasteiger partial charge in [0.1, 0.15) is 0 Å². The normalized spacial score (nSPS) is 17.7. The first-order valence-electron chi connectivity index (χ1n) is 9.70. The first-order chi connectivity index (χ1) is 13.7. The van der Waals surface area contributed by atoms with Crippen molar-refractivity contribution < 1.29 is 4.79 Å². The molecule has 0 bridgehead atoms. The molecule has 0 radical (unpaired) electrons. The maximum absolute atomic E-state index is 13.2. The molecule has 2 aromatic heterocycles. The van der Waals surface area contributed by atoms with E-state index in [1.165, 1.54) is 4.63 Å². The second-order valence-corrected chi connectivity index (χ2v) is 7.42. The van der Waals surface area contributed by atoms with Crippen LogP contribution in [0.15, 0.2) is 30.3 Å². The summed E-state index contributed by atoms with van der Waals surface area (Å²) < 4.78 is 1.43. The molecule has 0 spiro atoms. The van der Waals surface area contributed by atoms with E-state index in [0.29, 0.717) is 5.65 Å². The lowest BCUT2D eigenvalue weighted by Crippen LogP contribution is -2.44. The highest BCUT2D eigenvalue weighted by atomic mass is 16.2. The van der Waals surface area contributed by atoms with Crippen LogP contribution in [0.5, 0.6) is 0 Å². The molecule has 3 aromatic rings. The van der Waals surface area contributed by atoms with Gasteiger partial charge in [-0.1, -0.05) is 6.07 Å². The van der Waals surface area contributed by atoms with Crippen molar-refractivity contribution in [1.82, 2.24) is 25.3 Å². The Labute approximate surface area is 162 Å². The number of amides is 1. The smallest absolute Gasteiger partial charge is 0.230 e. The van der Waals surface area contributed by atoms with Crippen molar-refractivity contribution in [3.05, 3.63) is 35.9 Å². The summed E-state index contributed by atoms with van der Waals surface area (Å²) in [5.74, 6) is 1.08. The number of aromatic nitrogens is 5. The minimum Gasteiger partial charge on any atom is -0.398 e. The molecule has 5 rings (SSSR count). The van der Waals surface area contributed by atoms with Crippen molar-refractivity contribution in [2.45, 2.75) is 25.7 Å². The molecule has 1 aromatic carbocycles. The molecule has 28 heavy (non-hydrogen) atoms. The van der Waals surface area contributed by atoms with Gasteiger partial charge in [-0.2, -0.15) is 0 Å². The number of carbonyl (C=O) groups is 1. The summed E-state index contributed by atoms with van der Waals surface area (Å²) in [5.41, 5.74) is 9.64. The minimum absolute atomic E-state index is 0.0281. The van der Waals surface area contributed by atoms with E-state index in [1.807, 2.05) is 35.2 Å². The Balaban J connectivity index is 1.29. The number of nitrogens with zero attached hydrogens (tertiary/aromatic N) is 7. The van der Waals surface area contributed by atoms with Crippen molar-refractivity contribution in [3.63, 3.8) is 0 Å². The third kappa shape index (κ3) is 2.83. The Morgan fingerprint density at radius 1 is 1.11 bits per heavy atom. The number of hydrogen-bond donors (Lipinski definition) is 1. The van der Waals surface area contributed by atoms with Crippen molar-refractivity contribution in [2.24, 2.45) is 5.92 Å². The number of fused-ring (bicyclic) bond motifs is 2. The summed E-state index contributed by atoms with van der Waals surface area (Å²) in [6, 6.07) is 9.65. The summed E-state index contributed by atoms with van der Waals surface area (Å²) >= 11 is 0. The van der Waals surface area contributed by atoms with E-state index in [4.69, 9.17) is 5.73 Å². The van der Waals surface area contributed by atoms with Crippen LogP contribution in [0.3, 0.4) is 0 Å². The molecule has 0 saturated carbocycles. The average molecular weight is 378 g/mol. The van der Waals surface area contributed by atoms with Crippen LogP contribution in [-0.2, 0) is 11.2 Å². The lowest BCUT2D eigenvalue weighted by molar-refractivity contribution is -0.123. The zero-order valence-electron chi connectivity index (χ0n) is 15.5. The summed E-state index contributed by atoms with van der Waals surface area (Å²) in [5, 5.41) is 15.8. The highest BCUT2D eigenvalue weighted by Gasteiger charge is 2.32. The summed E-state index contributed by atoms with van der Waals surface area (Å²) in [6.07, 6.45) is 3.52. The molecule has 1 saturated heterocycles. The quantitative estimate of drug-likeness (QED) is 0.670. The fourth-order valence-electron chi connectivity index (χ4n) is 4.27. The predicted octanol–water partition coefficient (Wildman–Crippen LogP) is 1.30. The molecule has 4 heterocycles. The molecule has 9 heteroatoms. The van der Waals surface area contributed by atoms with Crippen LogP contribution in [0.25, 0.3) is 5.65 Å². The predicted molar refractivity (Wildman–Crippen MR) is 105 cm³/mol. The molecule has 1 fully saturated rings. The molecule has 2 aliphatic heterocycles. The van der Waals surface area contributed by atoms with Crippen molar-refractivity contribution >= 4 is 28.7 Å². The van der Waals surface area contributed by atoms with E-state index in [9.17, 15) is 4.79 Å². The Bertz CT molecular complexity index is 1020. The van der Waals surface area contributed by atoms with E-state index in [2.05, 4.69) is 25.5 Å². The molecule has 1 amide bonds. The Kier molecular flexibility index (Phi) is 4.07. The zero-order chi connectivity index (χ0) is 19.1. The lowest BCUT2D eigenvalue weighted by Gasteiger charge is -2.37.